The minimum absolute atomic E-state index is 0.00380. The number of nitrogens with zero attached hydrogens (tertiary/aromatic N) is 3. The van der Waals surface area contributed by atoms with E-state index in [1.165, 1.54) is 0 Å². The van der Waals surface area contributed by atoms with E-state index in [4.69, 9.17) is 23.8 Å². The van der Waals surface area contributed by atoms with Crippen LogP contribution >= 0.6 is 0 Å². The van der Waals surface area contributed by atoms with Gasteiger partial charge in [-0.2, -0.15) is 0 Å². The molecule has 0 fully saturated rings. The molecule has 12 rings (SSSR count). The molecule has 5 nitrogen and oxygen atoms in total. The number of rotatable bonds is 4. The molecule has 0 atom stereocenters. The Kier molecular flexibility index (Phi) is 5.80. The van der Waals surface area contributed by atoms with E-state index in [0.717, 1.165) is 59.8 Å². The number of aromatic nitrogens is 3. The van der Waals surface area contributed by atoms with Crippen molar-refractivity contribution in [1.29, 1.82) is 0 Å². The molecule has 272 valence electrons. The predicted octanol–water partition coefficient (Wildman–Crippen LogP) is 14.4. The fourth-order valence-electron chi connectivity index (χ4n) is 8.48. The van der Waals surface area contributed by atoms with Crippen LogP contribution in [0.15, 0.2) is 172 Å². The van der Waals surface area contributed by atoms with Crippen LogP contribution in [-0.2, 0) is 0 Å². The average Bonchev–Trinajstić information content (AvgIpc) is 3.91. The second-order valence-corrected chi connectivity index (χ2v) is 14.8. The van der Waals surface area contributed by atoms with Gasteiger partial charge in [-0.1, -0.05) is 126 Å². The van der Waals surface area contributed by atoms with Crippen molar-refractivity contribution in [3.63, 3.8) is 0 Å². The van der Waals surface area contributed by atoms with Gasteiger partial charge in [0, 0.05) is 43.8 Å². The number of benzene rings is 9. The predicted molar refractivity (Wildman–Crippen MR) is 238 cm³/mol. The molecule has 3 aromatic heterocycles. The zero-order valence-electron chi connectivity index (χ0n) is 37.3. The highest BCUT2D eigenvalue weighted by atomic mass is 16.3. The zero-order chi connectivity index (χ0) is 43.7. The van der Waals surface area contributed by atoms with Crippen LogP contribution in [0.4, 0.5) is 0 Å². The average molecular weight is 750 g/mol. The monoisotopic (exact) mass is 749 g/mol. The molecule has 0 radical (unpaired) electrons. The fraction of sp³-hybridized carbons (Fsp3) is 0.0377. The van der Waals surface area contributed by atoms with Crippen molar-refractivity contribution in [2.45, 2.75) is 13.8 Å². The number of fused-ring (bicyclic) bond motifs is 12. The molecule has 3 heterocycles. The summed E-state index contributed by atoms with van der Waals surface area (Å²) in [5.41, 5.74) is 4.83. The van der Waals surface area contributed by atoms with Crippen LogP contribution in [0.3, 0.4) is 0 Å². The van der Waals surface area contributed by atoms with Crippen LogP contribution in [0.5, 0.6) is 0 Å². The van der Waals surface area contributed by atoms with Crippen LogP contribution in [0.2, 0.25) is 0 Å². The maximum Gasteiger partial charge on any atom is 0.164 e. The first-order chi connectivity index (χ1) is 31.0. The molecular weight excluding hydrogens is 711 g/mol. The number of para-hydroxylation sites is 2. The van der Waals surface area contributed by atoms with Crippen molar-refractivity contribution >= 4 is 76.2 Å². The van der Waals surface area contributed by atoms with Gasteiger partial charge in [-0.05, 0) is 100 Å². The maximum absolute atomic E-state index is 9.64. The Labute approximate surface area is 341 Å². The van der Waals surface area contributed by atoms with Gasteiger partial charge in [0.15, 0.2) is 17.5 Å². The van der Waals surface area contributed by atoms with E-state index in [0.29, 0.717) is 33.9 Å². The molecule has 58 heavy (non-hydrogen) atoms. The third-order valence-electron chi connectivity index (χ3n) is 11.0. The first kappa shape index (κ1) is 27.0. The van der Waals surface area contributed by atoms with E-state index in [-0.39, 0.29) is 75.1 Å². The Morgan fingerprint density at radius 3 is 1.72 bits per heavy atom. The van der Waals surface area contributed by atoms with Crippen molar-refractivity contribution < 1.29 is 17.1 Å². The van der Waals surface area contributed by atoms with Crippen molar-refractivity contribution in [2.24, 2.45) is 0 Å². The topological polar surface area (TPSA) is 65.0 Å². The highest BCUT2D eigenvalue weighted by molar-refractivity contribution is 6.25. The molecule has 0 saturated carbocycles. The quantitative estimate of drug-likeness (QED) is 0.168. The molecule has 0 aliphatic carbocycles. The van der Waals surface area contributed by atoms with E-state index in [1.807, 2.05) is 92.7 Å². The number of hydrogen-bond donors (Lipinski definition) is 0. The Morgan fingerprint density at radius 2 is 0.983 bits per heavy atom. The highest BCUT2D eigenvalue weighted by Crippen LogP contribution is 2.40. The molecular formula is C53H33N3O2. The molecule has 0 unspecified atom stereocenters. The number of furan rings is 2. The van der Waals surface area contributed by atoms with Gasteiger partial charge in [-0.25, -0.2) is 15.0 Å². The molecule has 12 aromatic rings. The van der Waals surface area contributed by atoms with Crippen molar-refractivity contribution in [1.82, 2.24) is 15.0 Å². The molecule has 0 aliphatic rings. The van der Waals surface area contributed by atoms with Gasteiger partial charge in [0.1, 0.15) is 22.3 Å². The zero-order valence-corrected chi connectivity index (χ0v) is 31.3. The SMILES string of the molecule is [2H]c1c(-c2cccc3c2oc2ccccc23)c([2H])c2c(oc3c([2H])c(-c4nc(-c5cc(C)cc(C)c5)nc(-c5ccc6c7ccccc7c7ccccc7c6c5)n4)c([2H])c([2H])c32)c1[2H]. The Morgan fingerprint density at radius 1 is 0.379 bits per heavy atom. The standard InChI is InChI=1S/C53H33N3O2/c1-30-24-31(2)26-35(25-30)53-55-51(33-18-21-41-39-12-4-3-10-37(39)38-11-5-6-13-40(38)45(41)28-33)54-52(56-53)34-19-22-43-46-27-32(20-23-48(46)57-49(43)29-34)36-15-9-16-44-42-14-7-8-17-47(42)58-50(36)44/h3-29H,1-2H3/i19D,20D,22D,23D,27D,29D. The van der Waals surface area contributed by atoms with Gasteiger partial charge in [0.05, 0.1) is 8.22 Å². The Hall–Kier alpha value is -7.63. The summed E-state index contributed by atoms with van der Waals surface area (Å²) in [6.07, 6.45) is 0. The summed E-state index contributed by atoms with van der Waals surface area (Å²) in [5.74, 6) is 0.651. The second-order valence-electron chi connectivity index (χ2n) is 14.8. The van der Waals surface area contributed by atoms with Crippen LogP contribution in [0.1, 0.15) is 19.4 Å². The lowest BCUT2D eigenvalue weighted by molar-refractivity contribution is 0.668. The minimum Gasteiger partial charge on any atom is -0.456 e. The summed E-state index contributed by atoms with van der Waals surface area (Å²) >= 11 is 0. The van der Waals surface area contributed by atoms with Gasteiger partial charge >= 0.3 is 0 Å². The molecule has 0 spiro atoms. The summed E-state index contributed by atoms with van der Waals surface area (Å²) in [6, 6.07) is 40.2. The Bertz CT molecular complexity index is 3970. The van der Waals surface area contributed by atoms with Gasteiger partial charge in [-0.3, -0.25) is 0 Å². The van der Waals surface area contributed by atoms with Gasteiger partial charge < -0.3 is 8.83 Å². The summed E-state index contributed by atoms with van der Waals surface area (Å²) in [6.45, 7) is 3.99. The molecule has 9 aromatic carbocycles. The molecule has 0 N–H and O–H groups in total. The Balaban J connectivity index is 1.10. The summed E-state index contributed by atoms with van der Waals surface area (Å²) in [7, 11) is 0. The summed E-state index contributed by atoms with van der Waals surface area (Å²) < 4.78 is 69.1. The van der Waals surface area contributed by atoms with Crippen LogP contribution < -0.4 is 0 Å². The molecule has 0 saturated heterocycles. The van der Waals surface area contributed by atoms with Crippen molar-refractivity contribution in [3.05, 3.63) is 175 Å². The number of hydrogen-bond acceptors (Lipinski definition) is 5. The lowest BCUT2D eigenvalue weighted by Gasteiger charge is -2.13. The summed E-state index contributed by atoms with van der Waals surface area (Å²) in [4.78, 5) is 14.9. The first-order valence-electron chi connectivity index (χ1n) is 22.1. The lowest BCUT2D eigenvalue weighted by atomic mass is 9.93. The van der Waals surface area contributed by atoms with E-state index in [9.17, 15) is 8.22 Å². The van der Waals surface area contributed by atoms with Gasteiger partial charge in [0.2, 0.25) is 0 Å². The van der Waals surface area contributed by atoms with E-state index in [1.54, 1.807) is 6.07 Å². The summed E-state index contributed by atoms with van der Waals surface area (Å²) in [5, 5.41) is 8.35. The van der Waals surface area contributed by atoms with Crippen molar-refractivity contribution in [2.75, 3.05) is 0 Å². The largest absolute Gasteiger partial charge is 0.456 e. The third-order valence-corrected chi connectivity index (χ3v) is 11.0. The lowest BCUT2D eigenvalue weighted by Crippen LogP contribution is -2.00. The van der Waals surface area contributed by atoms with E-state index >= 15 is 0 Å². The normalized spacial score (nSPS) is 13.4. The first-order valence-corrected chi connectivity index (χ1v) is 19.1. The third kappa shape index (κ3) is 5.07. The fourth-order valence-corrected chi connectivity index (χ4v) is 8.48. The molecule has 5 heteroatoms. The second kappa shape index (κ2) is 12.4. The van der Waals surface area contributed by atoms with E-state index < -0.39 is 0 Å². The molecule has 0 bridgehead atoms. The van der Waals surface area contributed by atoms with Crippen LogP contribution in [0, 0.1) is 13.8 Å². The molecule has 0 aliphatic heterocycles. The minimum atomic E-state index is -0.346. The molecule has 0 amide bonds. The maximum atomic E-state index is 9.64. The van der Waals surface area contributed by atoms with Crippen molar-refractivity contribution in [3.8, 4) is 45.3 Å². The van der Waals surface area contributed by atoms with Gasteiger partial charge in [0.25, 0.3) is 0 Å². The smallest absolute Gasteiger partial charge is 0.164 e. The van der Waals surface area contributed by atoms with Crippen LogP contribution in [0.25, 0.3) is 121 Å². The van der Waals surface area contributed by atoms with E-state index in [2.05, 4.69) is 42.5 Å². The number of aryl methyl sites for hydroxylation is 2. The highest BCUT2D eigenvalue weighted by Gasteiger charge is 2.18. The van der Waals surface area contributed by atoms with Crippen LogP contribution in [-0.4, -0.2) is 15.0 Å². The van der Waals surface area contributed by atoms with Gasteiger partial charge in [-0.15, -0.1) is 0 Å².